The van der Waals surface area contributed by atoms with E-state index < -0.39 is 0 Å². The second-order valence-corrected chi connectivity index (χ2v) is 5.14. The molecule has 0 aliphatic carbocycles. The summed E-state index contributed by atoms with van der Waals surface area (Å²) in [6, 6.07) is 7.75. The van der Waals surface area contributed by atoms with Gasteiger partial charge in [0.05, 0.1) is 21.7 Å². The maximum absolute atomic E-state index is 8.97. The van der Waals surface area contributed by atoms with Crippen molar-refractivity contribution in [3.63, 3.8) is 0 Å². The lowest BCUT2D eigenvalue weighted by Crippen LogP contribution is -2.32. The minimum atomic E-state index is 0.556. The van der Waals surface area contributed by atoms with Gasteiger partial charge in [0.25, 0.3) is 0 Å². The minimum Gasteiger partial charge on any atom is -0.401 e. The number of nitrogens with two attached hydrogens (primary N) is 1. The minimum absolute atomic E-state index is 0.556. The van der Waals surface area contributed by atoms with Gasteiger partial charge in [-0.25, -0.2) is 0 Å². The first-order valence-corrected chi connectivity index (χ1v) is 6.39. The van der Waals surface area contributed by atoms with Gasteiger partial charge in [-0.2, -0.15) is 5.26 Å². The van der Waals surface area contributed by atoms with E-state index in [1.165, 1.54) is 0 Å². The molecule has 0 bridgehead atoms. The summed E-state index contributed by atoms with van der Waals surface area (Å²) < 4.78 is 0. The molecule has 18 heavy (non-hydrogen) atoms. The van der Waals surface area contributed by atoms with Crippen LogP contribution < -0.4 is 5.73 Å². The van der Waals surface area contributed by atoms with Gasteiger partial charge in [-0.1, -0.05) is 29.3 Å². The van der Waals surface area contributed by atoms with Crippen molar-refractivity contribution >= 4 is 23.2 Å². The molecule has 0 amide bonds. The molecule has 3 nitrogen and oxygen atoms in total. The summed E-state index contributed by atoms with van der Waals surface area (Å²) in [4.78, 5) is 2.18. The lowest BCUT2D eigenvalue weighted by Gasteiger charge is -2.27. The van der Waals surface area contributed by atoms with Crippen molar-refractivity contribution < 1.29 is 0 Å². The fourth-order valence-corrected chi connectivity index (χ4v) is 2.29. The number of nitrogens with zero attached hydrogens (tertiary/aromatic N) is 2. The summed E-state index contributed by atoms with van der Waals surface area (Å²) >= 11 is 11.9. The van der Waals surface area contributed by atoms with Crippen LogP contribution in [0.5, 0.6) is 0 Å². The Morgan fingerprint density at radius 3 is 2.78 bits per heavy atom. The van der Waals surface area contributed by atoms with Crippen LogP contribution in [0.3, 0.4) is 0 Å². The first-order chi connectivity index (χ1) is 8.60. The maximum atomic E-state index is 8.97. The van der Waals surface area contributed by atoms with Gasteiger partial charge in [0.2, 0.25) is 0 Å². The smallest absolute Gasteiger partial charge is 0.0979 e. The predicted octanol–water partition coefficient (Wildman–Crippen LogP) is 2.94. The fraction of sp³-hybridized carbons (Fsp3) is 0.308. The summed E-state index contributed by atoms with van der Waals surface area (Å²) in [5.74, 6) is 0. The van der Waals surface area contributed by atoms with Crippen molar-refractivity contribution in [2.24, 2.45) is 5.73 Å². The third kappa shape index (κ3) is 2.97. The van der Waals surface area contributed by atoms with E-state index in [-0.39, 0.29) is 0 Å². The molecule has 1 aliphatic heterocycles. The highest BCUT2D eigenvalue weighted by molar-refractivity contribution is 6.42. The normalized spacial score (nSPS) is 16.7. The molecule has 0 atom stereocenters. The molecule has 5 heteroatoms. The number of halogens is 2. The average molecular weight is 282 g/mol. The van der Waals surface area contributed by atoms with Crippen LogP contribution in [0, 0.1) is 11.3 Å². The highest BCUT2D eigenvalue weighted by Crippen LogP contribution is 2.24. The molecule has 0 saturated heterocycles. The topological polar surface area (TPSA) is 53.1 Å². The SMILES string of the molecule is N#CC1=C(N)CCN(Cc2ccc(Cl)c(Cl)c2)C1. The van der Waals surface area contributed by atoms with Gasteiger partial charge in [-0.05, 0) is 17.7 Å². The van der Waals surface area contributed by atoms with Crippen LogP contribution in [-0.4, -0.2) is 18.0 Å². The first-order valence-electron chi connectivity index (χ1n) is 5.64. The largest absolute Gasteiger partial charge is 0.401 e. The fourth-order valence-electron chi connectivity index (χ4n) is 1.97. The number of hydrogen-bond acceptors (Lipinski definition) is 3. The van der Waals surface area contributed by atoms with Crippen LogP contribution in [0.2, 0.25) is 10.0 Å². The molecule has 2 N–H and O–H groups in total. The lowest BCUT2D eigenvalue weighted by atomic mass is 10.1. The quantitative estimate of drug-likeness (QED) is 0.907. The molecule has 0 radical (unpaired) electrons. The highest BCUT2D eigenvalue weighted by atomic mass is 35.5. The number of hydrogen-bond donors (Lipinski definition) is 1. The van der Waals surface area contributed by atoms with Gasteiger partial charge in [0.1, 0.15) is 0 Å². The third-order valence-corrected chi connectivity index (χ3v) is 3.73. The molecule has 0 fully saturated rings. The zero-order valence-electron chi connectivity index (χ0n) is 9.79. The summed E-state index contributed by atoms with van der Waals surface area (Å²) in [5.41, 5.74) is 8.25. The van der Waals surface area contributed by atoms with Crippen LogP contribution in [0.4, 0.5) is 0 Å². The zero-order chi connectivity index (χ0) is 13.1. The van der Waals surface area contributed by atoms with Crippen molar-refractivity contribution in [3.05, 3.63) is 45.1 Å². The van der Waals surface area contributed by atoms with E-state index in [1.807, 2.05) is 12.1 Å². The Bertz CT molecular complexity index is 532. The number of nitriles is 1. The Hall–Kier alpha value is -1.21. The standard InChI is InChI=1S/C13H13Cl2N3/c14-11-2-1-9(5-12(11)15)7-18-4-3-13(17)10(6-16)8-18/h1-2,5H,3-4,7-8,17H2. The Balaban J connectivity index is 2.07. The number of rotatable bonds is 2. The predicted molar refractivity (Wildman–Crippen MR) is 73.2 cm³/mol. The second kappa shape index (κ2) is 5.62. The molecule has 0 aromatic heterocycles. The first kappa shape index (κ1) is 13.2. The molecule has 94 valence electrons. The van der Waals surface area contributed by atoms with Gasteiger partial charge in [0.15, 0.2) is 0 Å². The molecule has 0 unspecified atom stereocenters. The molecular formula is C13H13Cl2N3. The van der Waals surface area contributed by atoms with Crippen molar-refractivity contribution in [1.82, 2.24) is 4.90 Å². The Kier molecular flexibility index (Phi) is 4.13. The molecule has 1 heterocycles. The van der Waals surface area contributed by atoms with Crippen molar-refractivity contribution in [3.8, 4) is 6.07 Å². The van der Waals surface area contributed by atoms with Crippen LogP contribution >= 0.6 is 23.2 Å². The highest BCUT2D eigenvalue weighted by Gasteiger charge is 2.17. The Morgan fingerprint density at radius 1 is 1.33 bits per heavy atom. The third-order valence-electron chi connectivity index (χ3n) is 2.99. The van der Waals surface area contributed by atoms with Gasteiger partial charge in [0, 0.05) is 31.8 Å². The lowest BCUT2D eigenvalue weighted by molar-refractivity contribution is 0.280. The van der Waals surface area contributed by atoms with Crippen LogP contribution in [0.25, 0.3) is 0 Å². The molecule has 0 saturated carbocycles. The second-order valence-electron chi connectivity index (χ2n) is 4.32. The van der Waals surface area contributed by atoms with E-state index in [0.717, 1.165) is 25.1 Å². The van der Waals surface area contributed by atoms with Crippen LogP contribution in [-0.2, 0) is 6.54 Å². The summed E-state index contributed by atoms with van der Waals surface area (Å²) in [5, 5.41) is 10.1. The molecule has 1 aromatic rings. The molecular weight excluding hydrogens is 269 g/mol. The molecule has 1 aromatic carbocycles. The summed E-state index contributed by atoms with van der Waals surface area (Å²) in [6.07, 6.45) is 0.740. The van der Waals surface area contributed by atoms with Gasteiger partial charge >= 0.3 is 0 Å². The van der Waals surface area contributed by atoms with Crippen molar-refractivity contribution in [2.45, 2.75) is 13.0 Å². The van der Waals surface area contributed by atoms with Crippen LogP contribution in [0.1, 0.15) is 12.0 Å². The average Bonchev–Trinajstić information content (AvgIpc) is 2.36. The summed E-state index contributed by atoms with van der Waals surface area (Å²) in [6.45, 7) is 2.20. The van der Waals surface area contributed by atoms with Gasteiger partial charge in [-0.3, -0.25) is 4.90 Å². The van der Waals surface area contributed by atoms with E-state index >= 15 is 0 Å². The van der Waals surface area contributed by atoms with Gasteiger partial charge in [-0.15, -0.1) is 0 Å². The van der Waals surface area contributed by atoms with Gasteiger partial charge < -0.3 is 5.73 Å². The summed E-state index contributed by atoms with van der Waals surface area (Å²) in [7, 11) is 0. The number of benzene rings is 1. The van der Waals surface area contributed by atoms with E-state index in [0.29, 0.717) is 27.9 Å². The van der Waals surface area contributed by atoms with Crippen LogP contribution in [0.15, 0.2) is 29.5 Å². The van der Waals surface area contributed by atoms with Crippen molar-refractivity contribution in [1.29, 1.82) is 5.26 Å². The van der Waals surface area contributed by atoms with Crippen molar-refractivity contribution in [2.75, 3.05) is 13.1 Å². The molecule has 0 spiro atoms. The zero-order valence-corrected chi connectivity index (χ0v) is 11.3. The van der Waals surface area contributed by atoms with E-state index in [9.17, 15) is 0 Å². The van der Waals surface area contributed by atoms with E-state index in [4.69, 9.17) is 34.2 Å². The Morgan fingerprint density at radius 2 is 2.11 bits per heavy atom. The molecule has 1 aliphatic rings. The Labute approximate surface area is 116 Å². The van der Waals surface area contributed by atoms with E-state index in [1.54, 1.807) is 6.07 Å². The van der Waals surface area contributed by atoms with E-state index in [2.05, 4.69) is 11.0 Å². The monoisotopic (exact) mass is 281 g/mol. The maximum Gasteiger partial charge on any atom is 0.0979 e. The molecule has 2 rings (SSSR count).